The molecule has 0 bridgehead atoms. The molecule has 2 aliphatic heterocycles. The highest BCUT2D eigenvalue weighted by atomic mass is 35.5. The number of nitriles is 1. The number of thiophene rings is 1. The first-order valence-electron chi connectivity index (χ1n) is 7.32. The van der Waals surface area contributed by atoms with Crippen LogP contribution in [0.15, 0.2) is 29.5 Å². The zero-order chi connectivity index (χ0) is 16.7. The average Bonchev–Trinajstić information content (AvgIpc) is 3.20. The average molecular weight is 397 g/mol. The monoisotopic (exact) mass is 396 g/mol. The van der Waals surface area contributed by atoms with Crippen molar-refractivity contribution in [2.75, 3.05) is 23.7 Å². The van der Waals surface area contributed by atoms with Crippen molar-refractivity contribution in [3.8, 4) is 6.07 Å². The van der Waals surface area contributed by atoms with Crippen LogP contribution in [0.5, 0.6) is 0 Å². The minimum absolute atomic E-state index is 0. The van der Waals surface area contributed by atoms with Gasteiger partial charge in [0.15, 0.2) is 11.0 Å². The number of nitrogens with two attached hydrogens (primary N) is 1. The number of hydrogen-bond donors (Lipinski definition) is 1. The predicted molar refractivity (Wildman–Crippen MR) is 99.7 cm³/mol. The maximum absolute atomic E-state index is 13.1. The molecule has 2 aromatic heterocycles. The third-order valence-corrected chi connectivity index (χ3v) is 6.44. The molecule has 2 aliphatic rings. The van der Waals surface area contributed by atoms with Gasteiger partial charge in [-0.05, 0) is 12.1 Å². The second kappa shape index (κ2) is 6.78. The lowest BCUT2D eigenvalue weighted by atomic mass is 9.87. The Labute approximate surface area is 158 Å². The molecule has 0 aliphatic carbocycles. The first kappa shape index (κ1) is 17.9. The van der Waals surface area contributed by atoms with Gasteiger partial charge in [-0.3, -0.25) is 0 Å². The van der Waals surface area contributed by atoms with E-state index < -0.39 is 11.4 Å². The van der Waals surface area contributed by atoms with Crippen LogP contribution in [0.25, 0.3) is 0 Å². The molecule has 0 spiro atoms. The second-order valence-electron chi connectivity index (χ2n) is 5.74. The number of aliphatic imine (C=N–C) groups is 1. The van der Waals surface area contributed by atoms with E-state index >= 15 is 0 Å². The summed E-state index contributed by atoms with van der Waals surface area (Å²) >= 11 is 2.99. The van der Waals surface area contributed by atoms with Crippen LogP contribution in [0.4, 0.5) is 10.3 Å². The van der Waals surface area contributed by atoms with Crippen LogP contribution < -0.4 is 10.6 Å². The third-order valence-electron chi connectivity index (χ3n) is 4.32. The third kappa shape index (κ3) is 3.05. The summed E-state index contributed by atoms with van der Waals surface area (Å²) in [5.74, 6) is 1.10. The Morgan fingerprint density at radius 1 is 1.36 bits per heavy atom. The Morgan fingerprint density at radius 2 is 2.12 bits per heavy atom. The maximum Gasteiger partial charge on any atom is 0.225 e. The Hall–Kier alpha value is -1.89. The van der Waals surface area contributed by atoms with Crippen molar-refractivity contribution in [1.82, 2.24) is 9.97 Å². The largest absolute Gasteiger partial charge is 0.379 e. The highest BCUT2D eigenvalue weighted by molar-refractivity contribution is 8.13. The van der Waals surface area contributed by atoms with E-state index in [2.05, 4.69) is 16.0 Å². The van der Waals surface area contributed by atoms with Gasteiger partial charge in [-0.25, -0.2) is 19.4 Å². The molecule has 130 valence electrons. The highest BCUT2D eigenvalue weighted by Crippen LogP contribution is 2.47. The van der Waals surface area contributed by atoms with Crippen LogP contribution in [-0.4, -0.2) is 34.0 Å². The molecular formula is C15H14ClFN6S2. The van der Waals surface area contributed by atoms with Crippen LogP contribution in [0.2, 0.25) is 0 Å². The van der Waals surface area contributed by atoms with Gasteiger partial charge in [-0.2, -0.15) is 5.26 Å². The van der Waals surface area contributed by atoms with Crippen molar-refractivity contribution in [1.29, 1.82) is 5.26 Å². The second-order valence-corrected chi connectivity index (χ2v) is 7.86. The smallest absolute Gasteiger partial charge is 0.225 e. The minimum atomic E-state index is -0.493. The highest BCUT2D eigenvalue weighted by Gasteiger charge is 2.51. The van der Waals surface area contributed by atoms with Gasteiger partial charge in [0.2, 0.25) is 5.95 Å². The fourth-order valence-corrected chi connectivity index (χ4v) is 5.21. The summed E-state index contributed by atoms with van der Waals surface area (Å²) in [7, 11) is 0. The van der Waals surface area contributed by atoms with E-state index in [9.17, 15) is 4.39 Å². The molecule has 0 radical (unpaired) electrons. The summed E-state index contributed by atoms with van der Waals surface area (Å²) in [5.41, 5.74) is 5.52. The number of halogens is 2. The number of amidine groups is 1. The van der Waals surface area contributed by atoms with Crippen molar-refractivity contribution >= 4 is 46.6 Å². The fourth-order valence-electron chi connectivity index (χ4n) is 3.22. The SMILES string of the molecule is Cl.N#Cc1ccc(C23CN(c4ncc(F)cn4)C[C@H]2CSC(N)=N3)s1. The van der Waals surface area contributed by atoms with Crippen molar-refractivity contribution in [2.45, 2.75) is 5.54 Å². The Kier molecular flexibility index (Phi) is 4.86. The van der Waals surface area contributed by atoms with Crippen LogP contribution in [0.1, 0.15) is 9.75 Å². The molecule has 0 amide bonds. The topological polar surface area (TPSA) is 91.2 Å². The first-order valence-corrected chi connectivity index (χ1v) is 9.12. The van der Waals surface area contributed by atoms with Gasteiger partial charge in [-0.1, -0.05) is 11.8 Å². The molecule has 2 atom stereocenters. The Balaban J connectivity index is 0.00000182. The van der Waals surface area contributed by atoms with Gasteiger partial charge in [0.05, 0.1) is 18.9 Å². The maximum atomic E-state index is 13.1. The molecule has 1 saturated heterocycles. The number of anilines is 1. The molecular weight excluding hydrogens is 383 g/mol. The molecule has 4 rings (SSSR count). The van der Waals surface area contributed by atoms with Crippen molar-refractivity contribution in [3.63, 3.8) is 0 Å². The van der Waals surface area contributed by atoms with E-state index in [-0.39, 0.29) is 18.3 Å². The summed E-state index contributed by atoms with van der Waals surface area (Å²) < 4.78 is 13.1. The van der Waals surface area contributed by atoms with E-state index in [1.54, 1.807) is 0 Å². The summed E-state index contributed by atoms with van der Waals surface area (Å²) in [6.45, 7) is 1.28. The standard InChI is InChI=1S/C15H13FN6S2.ClH/c16-10-4-19-14(20-5-10)22-6-9-7-23-13(18)21-15(9,8-22)12-2-1-11(3-17)24-12;/h1-2,4-5,9H,6-8H2,(H2,18,21);1H/t9-,15?;/m0./s1. The summed E-state index contributed by atoms with van der Waals surface area (Å²) in [4.78, 5) is 16.6. The molecule has 1 fully saturated rings. The predicted octanol–water partition coefficient (Wildman–Crippen LogP) is 2.36. The number of hydrogen-bond acceptors (Lipinski definition) is 8. The van der Waals surface area contributed by atoms with E-state index in [0.29, 0.717) is 22.5 Å². The van der Waals surface area contributed by atoms with Crippen molar-refractivity contribution in [2.24, 2.45) is 16.6 Å². The van der Waals surface area contributed by atoms with Gasteiger partial charge in [0, 0.05) is 23.1 Å². The van der Waals surface area contributed by atoms with E-state index in [1.165, 1.54) is 35.5 Å². The van der Waals surface area contributed by atoms with Gasteiger partial charge in [-0.15, -0.1) is 23.7 Å². The van der Waals surface area contributed by atoms with Crippen LogP contribution >= 0.6 is 35.5 Å². The molecule has 25 heavy (non-hydrogen) atoms. The Bertz CT molecular complexity index is 848. The van der Waals surface area contributed by atoms with E-state index in [4.69, 9.17) is 16.0 Å². The first-order chi connectivity index (χ1) is 11.6. The van der Waals surface area contributed by atoms with Crippen LogP contribution in [0.3, 0.4) is 0 Å². The number of aromatic nitrogens is 2. The summed E-state index contributed by atoms with van der Waals surface area (Å²) in [6.07, 6.45) is 2.34. The lowest BCUT2D eigenvalue weighted by Gasteiger charge is -2.33. The lowest BCUT2D eigenvalue weighted by Crippen LogP contribution is -2.39. The zero-order valence-electron chi connectivity index (χ0n) is 12.9. The van der Waals surface area contributed by atoms with E-state index in [0.717, 1.165) is 17.2 Å². The van der Waals surface area contributed by atoms with Crippen LogP contribution in [0, 0.1) is 23.1 Å². The number of nitrogens with zero attached hydrogens (tertiary/aromatic N) is 5. The number of thioether (sulfide) groups is 1. The molecule has 0 aromatic carbocycles. The van der Waals surface area contributed by atoms with Crippen molar-refractivity contribution in [3.05, 3.63) is 40.1 Å². The van der Waals surface area contributed by atoms with E-state index in [1.807, 2.05) is 17.0 Å². The molecule has 1 unspecified atom stereocenters. The van der Waals surface area contributed by atoms with Crippen molar-refractivity contribution < 1.29 is 4.39 Å². The molecule has 2 N–H and O–H groups in total. The quantitative estimate of drug-likeness (QED) is 0.837. The summed E-state index contributed by atoms with van der Waals surface area (Å²) in [5, 5.41) is 9.68. The number of rotatable bonds is 2. The minimum Gasteiger partial charge on any atom is -0.379 e. The lowest BCUT2D eigenvalue weighted by molar-refractivity contribution is 0.395. The molecule has 2 aromatic rings. The van der Waals surface area contributed by atoms with Gasteiger partial charge in [0.25, 0.3) is 0 Å². The molecule has 0 saturated carbocycles. The normalized spacial score (nSPS) is 24.9. The molecule has 4 heterocycles. The molecule has 10 heteroatoms. The van der Waals surface area contributed by atoms with Gasteiger partial charge >= 0.3 is 0 Å². The number of fused-ring (bicyclic) bond motifs is 1. The van der Waals surface area contributed by atoms with Gasteiger partial charge < -0.3 is 10.6 Å². The molecule has 6 nitrogen and oxygen atoms in total. The van der Waals surface area contributed by atoms with Crippen LogP contribution in [-0.2, 0) is 5.54 Å². The van der Waals surface area contributed by atoms with Gasteiger partial charge in [0.1, 0.15) is 16.5 Å². The fraction of sp³-hybridized carbons (Fsp3) is 0.333. The Morgan fingerprint density at radius 3 is 2.80 bits per heavy atom. The zero-order valence-corrected chi connectivity index (χ0v) is 15.4. The summed E-state index contributed by atoms with van der Waals surface area (Å²) in [6, 6.07) is 5.95.